The summed E-state index contributed by atoms with van der Waals surface area (Å²) in [5.74, 6) is 0.496. The molecule has 0 bridgehead atoms. The van der Waals surface area contributed by atoms with Crippen LogP contribution in [0.25, 0.3) is 0 Å². The first-order chi connectivity index (χ1) is 13.7. The molecule has 0 unspecified atom stereocenters. The molecule has 0 radical (unpaired) electrons. The zero-order chi connectivity index (χ0) is 21.2. The molecule has 0 aliphatic heterocycles. The van der Waals surface area contributed by atoms with Gasteiger partial charge in [-0.05, 0) is 56.0 Å². The summed E-state index contributed by atoms with van der Waals surface area (Å²) in [5.41, 5.74) is 1.97. The molecule has 3 rings (SSSR count). The monoisotopic (exact) mass is 417 g/mol. The summed E-state index contributed by atoms with van der Waals surface area (Å²) in [7, 11) is -0.834. The number of anilines is 1. The summed E-state index contributed by atoms with van der Waals surface area (Å²) in [5, 5.41) is 2.81. The Bertz CT molecular complexity index is 1020. The van der Waals surface area contributed by atoms with E-state index in [-0.39, 0.29) is 4.90 Å². The van der Waals surface area contributed by atoms with Crippen LogP contribution in [-0.4, -0.2) is 33.3 Å². The maximum atomic E-state index is 13.7. The number of carbonyl (C=O) groups excluding carboxylic acids is 1. The number of sulfone groups is 1. The number of benzene rings is 2. The second-order valence-electron chi connectivity index (χ2n) is 7.50. The molecule has 0 aromatic heterocycles. The fourth-order valence-corrected chi connectivity index (χ4v) is 6.31. The van der Waals surface area contributed by atoms with Gasteiger partial charge in [0.1, 0.15) is 0 Å². The summed E-state index contributed by atoms with van der Waals surface area (Å²) >= 11 is 0. The Kier molecular flexibility index (Phi) is 5.89. The average molecular weight is 418 g/mol. The second kappa shape index (κ2) is 8.06. The van der Waals surface area contributed by atoms with Crippen LogP contribution >= 0.6 is 0 Å². The van der Waals surface area contributed by atoms with Gasteiger partial charge in [0, 0.05) is 11.8 Å². The Morgan fingerprint density at radius 1 is 0.966 bits per heavy atom. The molecule has 2 aromatic carbocycles. The van der Waals surface area contributed by atoms with Gasteiger partial charge in [-0.2, -0.15) is 0 Å². The van der Waals surface area contributed by atoms with Gasteiger partial charge >= 0.3 is 0 Å². The molecule has 1 aliphatic rings. The average Bonchev–Trinajstić information content (AvgIpc) is 3.21. The van der Waals surface area contributed by atoms with E-state index in [1.165, 1.54) is 14.2 Å². The van der Waals surface area contributed by atoms with E-state index in [1.807, 2.05) is 13.0 Å². The molecular weight excluding hydrogens is 390 g/mol. The van der Waals surface area contributed by atoms with Crippen molar-refractivity contribution in [3.8, 4) is 11.5 Å². The van der Waals surface area contributed by atoms with Gasteiger partial charge < -0.3 is 14.8 Å². The Balaban J connectivity index is 2.01. The lowest BCUT2D eigenvalue weighted by Gasteiger charge is -2.28. The predicted octanol–water partition coefficient (Wildman–Crippen LogP) is 4.05. The molecule has 0 atom stereocenters. The number of carbonyl (C=O) groups is 1. The Morgan fingerprint density at radius 3 is 2.24 bits per heavy atom. The lowest BCUT2D eigenvalue weighted by molar-refractivity contribution is -0.118. The number of amides is 1. The molecule has 0 heterocycles. The molecule has 0 saturated heterocycles. The van der Waals surface area contributed by atoms with Crippen molar-refractivity contribution in [2.24, 2.45) is 0 Å². The van der Waals surface area contributed by atoms with Crippen molar-refractivity contribution < 1.29 is 22.7 Å². The summed E-state index contributed by atoms with van der Waals surface area (Å²) in [6, 6.07) is 10.3. The fourth-order valence-electron chi connectivity index (χ4n) is 3.93. The van der Waals surface area contributed by atoms with Crippen LogP contribution in [0.15, 0.2) is 41.3 Å². The molecule has 0 spiro atoms. The first-order valence-corrected chi connectivity index (χ1v) is 11.1. The molecule has 29 heavy (non-hydrogen) atoms. The smallest absolute Gasteiger partial charge is 0.246 e. The van der Waals surface area contributed by atoms with Crippen molar-refractivity contribution >= 4 is 21.4 Å². The van der Waals surface area contributed by atoms with Crippen LogP contribution in [0, 0.1) is 13.8 Å². The van der Waals surface area contributed by atoms with Crippen molar-refractivity contribution in [1.82, 2.24) is 0 Å². The van der Waals surface area contributed by atoms with Crippen molar-refractivity contribution in [3.05, 3.63) is 47.5 Å². The third kappa shape index (κ3) is 3.71. The van der Waals surface area contributed by atoms with Crippen LogP contribution in [0.4, 0.5) is 5.69 Å². The summed E-state index contributed by atoms with van der Waals surface area (Å²) < 4.78 is 36.4. The van der Waals surface area contributed by atoms with E-state index in [1.54, 1.807) is 37.3 Å². The van der Waals surface area contributed by atoms with Crippen LogP contribution in [0.1, 0.15) is 36.8 Å². The van der Waals surface area contributed by atoms with Gasteiger partial charge in [0.05, 0.1) is 19.1 Å². The predicted molar refractivity (Wildman–Crippen MR) is 112 cm³/mol. The maximum Gasteiger partial charge on any atom is 0.246 e. The van der Waals surface area contributed by atoms with Crippen molar-refractivity contribution in [2.75, 3.05) is 19.5 Å². The highest BCUT2D eigenvalue weighted by Crippen LogP contribution is 2.42. The summed E-state index contributed by atoms with van der Waals surface area (Å²) in [6.45, 7) is 3.62. The molecule has 156 valence electrons. The summed E-state index contributed by atoms with van der Waals surface area (Å²) in [4.78, 5) is 13.6. The Morgan fingerprint density at radius 2 is 1.62 bits per heavy atom. The van der Waals surface area contributed by atoms with Gasteiger partial charge in [-0.15, -0.1) is 0 Å². The Hall–Kier alpha value is -2.54. The van der Waals surface area contributed by atoms with Crippen LogP contribution in [0.3, 0.4) is 0 Å². The molecule has 7 heteroatoms. The van der Waals surface area contributed by atoms with Crippen LogP contribution < -0.4 is 14.8 Å². The van der Waals surface area contributed by atoms with Crippen LogP contribution in [0.5, 0.6) is 11.5 Å². The SMILES string of the molecule is COc1ccc(NC(=O)C2(S(=O)(=O)c3cc(C)ccc3C)CCCC2)cc1OC. The minimum Gasteiger partial charge on any atom is -0.493 e. The second-order valence-corrected chi connectivity index (χ2v) is 9.73. The number of nitrogens with one attached hydrogen (secondary N) is 1. The number of rotatable bonds is 6. The van der Waals surface area contributed by atoms with E-state index in [0.717, 1.165) is 5.56 Å². The molecule has 1 fully saturated rings. The van der Waals surface area contributed by atoms with E-state index >= 15 is 0 Å². The molecule has 1 saturated carbocycles. The largest absolute Gasteiger partial charge is 0.493 e. The number of aryl methyl sites for hydroxylation is 2. The summed E-state index contributed by atoms with van der Waals surface area (Å²) in [6.07, 6.45) is 2.01. The maximum absolute atomic E-state index is 13.7. The first kappa shape index (κ1) is 21.2. The van der Waals surface area contributed by atoms with Gasteiger partial charge in [0.15, 0.2) is 26.1 Å². The molecule has 1 N–H and O–H groups in total. The highest BCUT2D eigenvalue weighted by Gasteiger charge is 2.53. The third-order valence-electron chi connectivity index (χ3n) is 5.61. The van der Waals surface area contributed by atoms with E-state index in [0.29, 0.717) is 48.4 Å². The normalized spacial score (nSPS) is 15.7. The zero-order valence-corrected chi connectivity index (χ0v) is 18.1. The van der Waals surface area contributed by atoms with Gasteiger partial charge in [0.25, 0.3) is 0 Å². The lowest BCUT2D eigenvalue weighted by atomic mass is 10.1. The molecule has 2 aromatic rings. The quantitative estimate of drug-likeness (QED) is 0.767. The first-order valence-electron chi connectivity index (χ1n) is 9.60. The van der Waals surface area contributed by atoms with Gasteiger partial charge in [0.2, 0.25) is 5.91 Å². The Labute approximate surface area is 172 Å². The fraction of sp³-hybridized carbons (Fsp3) is 0.409. The number of ether oxygens (including phenoxy) is 2. The highest BCUT2D eigenvalue weighted by molar-refractivity contribution is 7.93. The zero-order valence-electron chi connectivity index (χ0n) is 17.2. The number of hydrogen-bond donors (Lipinski definition) is 1. The third-order valence-corrected chi connectivity index (χ3v) is 8.26. The number of hydrogen-bond acceptors (Lipinski definition) is 5. The standard InChI is InChI=1S/C22H27NO5S/c1-15-7-8-16(2)20(13-15)29(25,26)22(11-5-6-12-22)21(24)23-17-9-10-18(27-3)19(14-17)28-4/h7-10,13-14H,5-6,11-12H2,1-4H3,(H,23,24). The molecule has 1 amide bonds. The minimum absolute atomic E-state index is 0.238. The highest BCUT2D eigenvalue weighted by atomic mass is 32.2. The lowest BCUT2D eigenvalue weighted by Crippen LogP contribution is -2.47. The van der Waals surface area contributed by atoms with E-state index < -0.39 is 20.5 Å². The molecule has 1 aliphatic carbocycles. The van der Waals surface area contributed by atoms with Gasteiger partial charge in [-0.1, -0.05) is 25.0 Å². The molecular formula is C22H27NO5S. The van der Waals surface area contributed by atoms with E-state index in [9.17, 15) is 13.2 Å². The topological polar surface area (TPSA) is 81.7 Å². The van der Waals surface area contributed by atoms with Crippen molar-refractivity contribution in [3.63, 3.8) is 0 Å². The number of methoxy groups -OCH3 is 2. The van der Waals surface area contributed by atoms with Crippen LogP contribution in [0.2, 0.25) is 0 Å². The van der Waals surface area contributed by atoms with E-state index in [2.05, 4.69) is 5.32 Å². The van der Waals surface area contributed by atoms with Crippen molar-refractivity contribution in [2.45, 2.75) is 49.2 Å². The molecule has 6 nitrogen and oxygen atoms in total. The van der Waals surface area contributed by atoms with Crippen molar-refractivity contribution in [1.29, 1.82) is 0 Å². The van der Waals surface area contributed by atoms with Gasteiger partial charge in [-0.3, -0.25) is 4.79 Å². The van der Waals surface area contributed by atoms with Crippen LogP contribution in [-0.2, 0) is 14.6 Å². The van der Waals surface area contributed by atoms with Gasteiger partial charge in [-0.25, -0.2) is 8.42 Å². The van der Waals surface area contributed by atoms with E-state index in [4.69, 9.17) is 9.47 Å². The minimum atomic E-state index is -3.87.